The van der Waals surface area contributed by atoms with Gasteiger partial charge < -0.3 is 14.4 Å². The first-order valence-corrected chi connectivity index (χ1v) is 7.66. The molecule has 0 N–H and O–H groups in total. The third-order valence-corrected chi connectivity index (χ3v) is 4.92. The van der Waals surface area contributed by atoms with Crippen molar-refractivity contribution in [2.45, 2.75) is 11.8 Å². The van der Waals surface area contributed by atoms with Gasteiger partial charge in [0.2, 0.25) is 5.76 Å². The summed E-state index contributed by atoms with van der Waals surface area (Å²) in [5, 5.41) is 0.967. The molecular formula is C14H14N2O3S2. The van der Waals surface area contributed by atoms with Crippen LogP contribution in [0.3, 0.4) is 0 Å². The van der Waals surface area contributed by atoms with Crippen LogP contribution in [0, 0.1) is 0 Å². The first-order valence-electron chi connectivity index (χ1n) is 6.44. The second-order valence-corrected chi connectivity index (χ2v) is 5.93. The van der Waals surface area contributed by atoms with E-state index in [0.29, 0.717) is 12.3 Å². The van der Waals surface area contributed by atoms with Crippen LogP contribution in [0.15, 0.2) is 33.9 Å². The summed E-state index contributed by atoms with van der Waals surface area (Å²) in [4.78, 5) is 16.8. The lowest BCUT2D eigenvalue weighted by atomic mass is 10.3. The van der Waals surface area contributed by atoms with Crippen molar-refractivity contribution >= 4 is 40.7 Å². The number of fused-ring (bicyclic) bond motifs is 1. The molecule has 2 heterocycles. The Bertz CT molecular complexity index is 672. The molecule has 2 aliphatic heterocycles. The third-order valence-electron chi connectivity index (χ3n) is 3.40. The summed E-state index contributed by atoms with van der Waals surface area (Å²) in [5.41, 5.74) is 0.985. The Hall–Kier alpha value is -1.73. The summed E-state index contributed by atoms with van der Waals surface area (Å²) in [6.45, 7) is 2.37. The highest BCUT2D eigenvalue weighted by atomic mass is 32.2. The van der Waals surface area contributed by atoms with Crippen molar-refractivity contribution < 1.29 is 14.3 Å². The van der Waals surface area contributed by atoms with Gasteiger partial charge in [-0.3, -0.25) is 9.69 Å². The second-order valence-electron chi connectivity index (χ2n) is 4.55. The molecule has 7 heteroatoms. The van der Waals surface area contributed by atoms with Crippen LogP contribution >= 0.6 is 24.0 Å². The predicted octanol–water partition coefficient (Wildman–Crippen LogP) is 2.57. The number of methoxy groups -OCH3 is 1. The lowest BCUT2D eigenvalue weighted by Gasteiger charge is -2.14. The molecule has 0 saturated carbocycles. The molecule has 110 valence electrons. The molecule has 0 unspecified atom stereocenters. The average molecular weight is 322 g/mol. The van der Waals surface area contributed by atoms with Crippen molar-refractivity contribution in [1.29, 1.82) is 0 Å². The average Bonchev–Trinajstić information content (AvgIpc) is 2.96. The molecule has 0 radical (unpaired) electrons. The van der Waals surface area contributed by atoms with E-state index in [-0.39, 0.29) is 11.1 Å². The van der Waals surface area contributed by atoms with E-state index in [1.807, 2.05) is 37.1 Å². The van der Waals surface area contributed by atoms with E-state index >= 15 is 0 Å². The van der Waals surface area contributed by atoms with Gasteiger partial charge in [0.05, 0.1) is 12.8 Å². The van der Waals surface area contributed by atoms with Crippen molar-refractivity contribution in [3.05, 3.63) is 29.0 Å². The fraction of sp³-hybridized carbons (Fsp3) is 0.286. The SMILES string of the molecule is CCN1C(=O)/C(=C2/Sc3ccc(OC)cc3N2C)OC1=S. The van der Waals surface area contributed by atoms with Gasteiger partial charge in [0.1, 0.15) is 10.8 Å². The fourth-order valence-electron chi connectivity index (χ4n) is 2.25. The summed E-state index contributed by atoms with van der Waals surface area (Å²) in [7, 11) is 3.53. The van der Waals surface area contributed by atoms with E-state index in [0.717, 1.165) is 21.4 Å². The van der Waals surface area contributed by atoms with Crippen LogP contribution in [0.2, 0.25) is 0 Å². The van der Waals surface area contributed by atoms with Crippen LogP contribution in [0.25, 0.3) is 0 Å². The Kier molecular flexibility index (Phi) is 3.54. The third kappa shape index (κ3) is 2.16. The van der Waals surface area contributed by atoms with Crippen molar-refractivity contribution in [3.8, 4) is 5.75 Å². The summed E-state index contributed by atoms with van der Waals surface area (Å²) in [6.07, 6.45) is 0. The topological polar surface area (TPSA) is 42.0 Å². The summed E-state index contributed by atoms with van der Waals surface area (Å²) in [5.74, 6) is 0.887. The number of rotatable bonds is 2. The van der Waals surface area contributed by atoms with Gasteiger partial charge in [-0.1, -0.05) is 11.8 Å². The van der Waals surface area contributed by atoms with Gasteiger partial charge >= 0.3 is 0 Å². The molecule has 0 spiro atoms. The summed E-state index contributed by atoms with van der Waals surface area (Å²) < 4.78 is 10.8. The second kappa shape index (κ2) is 5.23. The quantitative estimate of drug-likeness (QED) is 0.616. The lowest BCUT2D eigenvalue weighted by molar-refractivity contribution is -0.122. The predicted molar refractivity (Wildman–Crippen MR) is 85.4 cm³/mol. The molecule has 0 atom stereocenters. The number of carbonyl (C=O) groups is 1. The van der Waals surface area contributed by atoms with Crippen LogP contribution < -0.4 is 9.64 Å². The van der Waals surface area contributed by atoms with Crippen molar-refractivity contribution in [2.24, 2.45) is 0 Å². The highest BCUT2D eigenvalue weighted by molar-refractivity contribution is 8.03. The zero-order valence-electron chi connectivity index (χ0n) is 11.9. The molecule has 1 aromatic carbocycles. The highest BCUT2D eigenvalue weighted by Crippen LogP contribution is 2.48. The first kappa shape index (κ1) is 14.2. The molecule has 21 heavy (non-hydrogen) atoms. The monoisotopic (exact) mass is 322 g/mol. The minimum Gasteiger partial charge on any atom is -0.497 e. The maximum absolute atomic E-state index is 12.3. The lowest BCUT2D eigenvalue weighted by Crippen LogP contribution is -2.28. The maximum atomic E-state index is 12.3. The first-order chi connectivity index (χ1) is 10.1. The van der Waals surface area contributed by atoms with E-state index < -0.39 is 0 Å². The number of anilines is 1. The normalized spacial score (nSPS) is 20.9. The zero-order valence-corrected chi connectivity index (χ0v) is 13.5. The molecule has 1 amide bonds. The summed E-state index contributed by atoms with van der Waals surface area (Å²) in [6, 6.07) is 5.80. The minimum atomic E-state index is -0.184. The molecule has 0 aromatic heterocycles. The van der Waals surface area contributed by atoms with Crippen molar-refractivity contribution in [1.82, 2.24) is 4.90 Å². The maximum Gasteiger partial charge on any atom is 0.299 e. The van der Waals surface area contributed by atoms with Gasteiger partial charge in [-0.05, 0) is 31.3 Å². The number of amides is 1. The zero-order chi connectivity index (χ0) is 15.1. The van der Waals surface area contributed by atoms with E-state index in [4.69, 9.17) is 21.7 Å². The Morgan fingerprint density at radius 3 is 2.81 bits per heavy atom. The Morgan fingerprint density at radius 2 is 2.19 bits per heavy atom. The number of hydrogen-bond donors (Lipinski definition) is 0. The van der Waals surface area contributed by atoms with Crippen LogP contribution in [0.5, 0.6) is 5.75 Å². The largest absolute Gasteiger partial charge is 0.497 e. The number of nitrogens with zero attached hydrogens (tertiary/aromatic N) is 2. The van der Waals surface area contributed by atoms with Gasteiger partial charge in [-0.25, -0.2) is 0 Å². The van der Waals surface area contributed by atoms with Gasteiger partial charge in [0.25, 0.3) is 11.1 Å². The van der Waals surface area contributed by atoms with Gasteiger partial charge in [0.15, 0.2) is 0 Å². The van der Waals surface area contributed by atoms with Crippen LogP contribution in [0.4, 0.5) is 5.69 Å². The smallest absolute Gasteiger partial charge is 0.299 e. The fourth-order valence-corrected chi connectivity index (χ4v) is 3.65. The number of hydrogen-bond acceptors (Lipinski definition) is 6. The molecule has 2 aliphatic rings. The molecule has 3 rings (SSSR count). The minimum absolute atomic E-state index is 0.184. The molecule has 1 aromatic rings. The molecule has 0 bridgehead atoms. The molecular weight excluding hydrogens is 308 g/mol. The number of thioether (sulfide) groups is 1. The van der Waals surface area contributed by atoms with E-state index in [2.05, 4.69) is 0 Å². The van der Waals surface area contributed by atoms with E-state index in [9.17, 15) is 4.79 Å². The number of benzene rings is 1. The van der Waals surface area contributed by atoms with Crippen LogP contribution in [0.1, 0.15) is 6.92 Å². The van der Waals surface area contributed by atoms with Gasteiger partial charge in [-0.2, -0.15) is 0 Å². The number of carbonyl (C=O) groups excluding carboxylic acids is 1. The number of likely N-dealkylation sites (N-methyl/N-ethyl adjacent to an activating group) is 1. The summed E-state index contributed by atoms with van der Waals surface area (Å²) >= 11 is 6.59. The molecule has 5 nitrogen and oxygen atoms in total. The Morgan fingerprint density at radius 1 is 1.43 bits per heavy atom. The van der Waals surface area contributed by atoms with E-state index in [1.165, 1.54) is 16.7 Å². The number of ether oxygens (including phenoxy) is 2. The molecule has 0 aliphatic carbocycles. The van der Waals surface area contributed by atoms with Crippen molar-refractivity contribution in [2.75, 3.05) is 25.6 Å². The van der Waals surface area contributed by atoms with Crippen LogP contribution in [-0.2, 0) is 9.53 Å². The number of thiocarbonyl (C=S) groups is 1. The van der Waals surface area contributed by atoms with Gasteiger partial charge in [0, 0.05) is 24.6 Å². The molecule has 1 saturated heterocycles. The Balaban J connectivity index is 2.01. The van der Waals surface area contributed by atoms with E-state index in [1.54, 1.807) is 7.11 Å². The standard InChI is InChI=1S/C14H14N2O3S2/c1-4-16-12(17)11(19-14(16)20)13-15(2)9-7-8(18-3)5-6-10(9)21-13/h5-7H,4H2,1-3H3/b13-11-. The van der Waals surface area contributed by atoms with Gasteiger partial charge in [-0.15, -0.1) is 0 Å². The Labute approximate surface area is 132 Å². The highest BCUT2D eigenvalue weighted by Gasteiger charge is 2.38. The molecule has 1 fully saturated rings. The van der Waals surface area contributed by atoms with Crippen LogP contribution in [-0.4, -0.2) is 36.7 Å². The van der Waals surface area contributed by atoms with Crippen molar-refractivity contribution in [3.63, 3.8) is 0 Å².